The van der Waals surface area contributed by atoms with Gasteiger partial charge in [0.05, 0.1) is 5.60 Å². The van der Waals surface area contributed by atoms with Crippen molar-refractivity contribution in [2.24, 2.45) is 5.92 Å². The monoisotopic (exact) mass is 169 g/mol. The van der Waals surface area contributed by atoms with Gasteiger partial charge in [-0.2, -0.15) is 0 Å². The molecule has 1 aliphatic carbocycles. The van der Waals surface area contributed by atoms with E-state index in [4.69, 9.17) is 0 Å². The zero-order valence-corrected chi connectivity index (χ0v) is 7.92. The second kappa shape index (κ2) is 3.00. The molecule has 1 aliphatic heterocycles. The molecular formula is C10H19NO. The number of rotatable bonds is 2. The van der Waals surface area contributed by atoms with Crippen molar-refractivity contribution in [2.45, 2.75) is 38.2 Å². The van der Waals surface area contributed by atoms with E-state index in [0.717, 1.165) is 31.8 Å². The number of aliphatic hydroxyl groups is 1. The van der Waals surface area contributed by atoms with Gasteiger partial charge in [0, 0.05) is 19.6 Å². The van der Waals surface area contributed by atoms with Gasteiger partial charge in [-0.15, -0.1) is 0 Å². The number of nitrogens with zero attached hydrogens (tertiary/aromatic N) is 1. The zero-order chi connectivity index (χ0) is 8.60. The van der Waals surface area contributed by atoms with Gasteiger partial charge in [0.1, 0.15) is 0 Å². The molecule has 0 bridgehead atoms. The van der Waals surface area contributed by atoms with Crippen molar-refractivity contribution in [3.63, 3.8) is 0 Å². The van der Waals surface area contributed by atoms with Gasteiger partial charge in [-0.1, -0.05) is 0 Å². The van der Waals surface area contributed by atoms with Gasteiger partial charge in [-0.25, -0.2) is 0 Å². The molecule has 2 fully saturated rings. The lowest BCUT2D eigenvalue weighted by Gasteiger charge is -2.35. The molecule has 70 valence electrons. The van der Waals surface area contributed by atoms with Crippen molar-refractivity contribution in [3.8, 4) is 0 Å². The van der Waals surface area contributed by atoms with E-state index < -0.39 is 0 Å². The molecule has 1 heterocycles. The third kappa shape index (κ3) is 2.20. The Hall–Kier alpha value is -0.0800. The van der Waals surface area contributed by atoms with Gasteiger partial charge in [-0.3, -0.25) is 0 Å². The lowest BCUT2D eigenvalue weighted by atomic mass is 9.94. The summed E-state index contributed by atoms with van der Waals surface area (Å²) in [5.74, 6) is 0.994. The van der Waals surface area contributed by atoms with Crippen LogP contribution in [0.3, 0.4) is 0 Å². The first-order valence-electron chi connectivity index (χ1n) is 5.10. The Morgan fingerprint density at radius 1 is 1.33 bits per heavy atom. The summed E-state index contributed by atoms with van der Waals surface area (Å²) in [6.45, 7) is 5.45. The van der Waals surface area contributed by atoms with Crippen molar-refractivity contribution in [1.29, 1.82) is 0 Å². The summed E-state index contributed by atoms with van der Waals surface area (Å²) in [6.07, 6.45) is 4.79. The first-order chi connectivity index (χ1) is 5.66. The molecule has 2 heteroatoms. The highest BCUT2D eigenvalue weighted by molar-refractivity contribution is 4.84. The molecule has 0 aromatic heterocycles. The summed E-state index contributed by atoms with van der Waals surface area (Å²) in [7, 11) is 0. The summed E-state index contributed by atoms with van der Waals surface area (Å²) >= 11 is 0. The Kier molecular flexibility index (Phi) is 2.13. The van der Waals surface area contributed by atoms with Gasteiger partial charge in [0.15, 0.2) is 0 Å². The van der Waals surface area contributed by atoms with Crippen LogP contribution in [0.2, 0.25) is 0 Å². The van der Waals surface area contributed by atoms with Gasteiger partial charge in [0.2, 0.25) is 0 Å². The van der Waals surface area contributed by atoms with Crippen LogP contribution in [0.15, 0.2) is 0 Å². The summed E-state index contributed by atoms with van der Waals surface area (Å²) in [5.41, 5.74) is -0.375. The Morgan fingerprint density at radius 3 is 2.42 bits per heavy atom. The molecule has 1 N–H and O–H groups in total. The molecule has 1 saturated carbocycles. The molecule has 0 radical (unpaired) electrons. The van der Waals surface area contributed by atoms with Crippen LogP contribution < -0.4 is 0 Å². The van der Waals surface area contributed by atoms with Crippen molar-refractivity contribution in [2.75, 3.05) is 19.6 Å². The van der Waals surface area contributed by atoms with E-state index in [1.54, 1.807) is 0 Å². The molecule has 1 saturated heterocycles. The first-order valence-corrected chi connectivity index (χ1v) is 5.10. The van der Waals surface area contributed by atoms with E-state index in [9.17, 15) is 5.11 Å². The van der Waals surface area contributed by atoms with Crippen molar-refractivity contribution in [3.05, 3.63) is 0 Å². The number of hydrogen-bond acceptors (Lipinski definition) is 2. The maximum atomic E-state index is 9.72. The average molecular weight is 169 g/mol. The molecule has 2 rings (SSSR count). The number of hydrogen-bond donors (Lipinski definition) is 1. The fourth-order valence-electron chi connectivity index (χ4n) is 1.88. The minimum absolute atomic E-state index is 0.375. The summed E-state index contributed by atoms with van der Waals surface area (Å²) in [5, 5.41) is 9.72. The van der Waals surface area contributed by atoms with Crippen molar-refractivity contribution >= 4 is 0 Å². The summed E-state index contributed by atoms with van der Waals surface area (Å²) in [4.78, 5) is 2.51. The average Bonchev–Trinajstić information content (AvgIpc) is 2.77. The van der Waals surface area contributed by atoms with Crippen LogP contribution >= 0.6 is 0 Å². The molecule has 0 amide bonds. The van der Waals surface area contributed by atoms with E-state index in [1.165, 1.54) is 19.4 Å². The maximum absolute atomic E-state index is 9.72. The highest BCUT2D eigenvalue weighted by Crippen LogP contribution is 2.31. The van der Waals surface area contributed by atoms with Gasteiger partial charge in [0.25, 0.3) is 0 Å². The van der Waals surface area contributed by atoms with Crippen LogP contribution in [0.4, 0.5) is 0 Å². The predicted molar refractivity (Wildman–Crippen MR) is 49.0 cm³/mol. The molecule has 2 nitrogen and oxygen atoms in total. The number of likely N-dealkylation sites (tertiary alicyclic amines) is 1. The van der Waals surface area contributed by atoms with E-state index in [0.29, 0.717) is 0 Å². The van der Waals surface area contributed by atoms with E-state index in [2.05, 4.69) is 4.90 Å². The molecular weight excluding hydrogens is 150 g/mol. The smallest absolute Gasteiger partial charge is 0.0644 e. The SMILES string of the molecule is CC1(O)CCN(CC2CC2)CC1. The Bertz CT molecular complexity index is 153. The van der Waals surface area contributed by atoms with E-state index in [-0.39, 0.29) is 5.60 Å². The topological polar surface area (TPSA) is 23.5 Å². The lowest BCUT2D eigenvalue weighted by Crippen LogP contribution is -2.43. The van der Waals surface area contributed by atoms with Crippen LogP contribution in [0.1, 0.15) is 32.6 Å². The second-order valence-corrected chi connectivity index (χ2v) is 4.74. The summed E-state index contributed by atoms with van der Waals surface area (Å²) < 4.78 is 0. The van der Waals surface area contributed by atoms with Crippen LogP contribution in [-0.4, -0.2) is 35.2 Å². The minimum atomic E-state index is -0.375. The molecule has 12 heavy (non-hydrogen) atoms. The van der Waals surface area contributed by atoms with Gasteiger partial charge < -0.3 is 10.0 Å². The third-order valence-corrected chi connectivity index (χ3v) is 3.15. The first kappa shape index (κ1) is 8.52. The van der Waals surface area contributed by atoms with Gasteiger partial charge in [-0.05, 0) is 38.5 Å². The molecule has 0 spiro atoms. The van der Waals surface area contributed by atoms with Crippen molar-refractivity contribution < 1.29 is 5.11 Å². The quantitative estimate of drug-likeness (QED) is 0.672. The fraction of sp³-hybridized carbons (Fsp3) is 1.00. The van der Waals surface area contributed by atoms with E-state index >= 15 is 0 Å². The van der Waals surface area contributed by atoms with Crippen LogP contribution in [0, 0.1) is 5.92 Å². The molecule has 0 atom stereocenters. The maximum Gasteiger partial charge on any atom is 0.0644 e. The lowest BCUT2D eigenvalue weighted by molar-refractivity contribution is -0.00624. The second-order valence-electron chi connectivity index (χ2n) is 4.74. The Labute approximate surface area is 74.6 Å². The van der Waals surface area contributed by atoms with E-state index in [1.807, 2.05) is 6.92 Å². The molecule has 0 aromatic carbocycles. The normalized spacial score (nSPS) is 30.5. The molecule has 0 aromatic rings. The van der Waals surface area contributed by atoms with Crippen LogP contribution in [0.25, 0.3) is 0 Å². The molecule has 0 unspecified atom stereocenters. The fourth-order valence-corrected chi connectivity index (χ4v) is 1.88. The Balaban J connectivity index is 1.73. The summed E-state index contributed by atoms with van der Waals surface area (Å²) in [6, 6.07) is 0. The largest absolute Gasteiger partial charge is 0.390 e. The highest BCUT2D eigenvalue weighted by atomic mass is 16.3. The minimum Gasteiger partial charge on any atom is -0.390 e. The van der Waals surface area contributed by atoms with Crippen LogP contribution in [-0.2, 0) is 0 Å². The Morgan fingerprint density at radius 2 is 1.92 bits per heavy atom. The van der Waals surface area contributed by atoms with Crippen molar-refractivity contribution in [1.82, 2.24) is 4.90 Å². The number of piperidine rings is 1. The standard InChI is InChI=1S/C10H19NO/c1-10(12)4-6-11(7-5-10)8-9-2-3-9/h9,12H,2-8H2,1H3. The predicted octanol–water partition coefficient (Wildman–Crippen LogP) is 1.24. The third-order valence-electron chi connectivity index (χ3n) is 3.15. The van der Waals surface area contributed by atoms with Crippen LogP contribution in [0.5, 0.6) is 0 Å². The van der Waals surface area contributed by atoms with Gasteiger partial charge >= 0.3 is 0 Å². The zero-order valence-electron chi connectivity index (χ0n) is 7.92. The highest BCUT2D eigenvalue weighted by Gasteiger charge is 2.30. The molecule has 2 aliphatic rings.